The SMILES string of the molecule is O=C(O)c1ccccc1SCC1CC(c2ccc(CO)cc2)OC(c2ccc(-c3cccc(CNC(=O)C4CCCN4C(=O)C(F)(F)F)c3)cc2)O1. The van der Waals surface area contributed by atoms with E-state index in [9.17, 15) is 37.8 Å². The first kappa shape index (κ1) is 37.1. The molecule has 6 rings (SSSR count). The number of rotatable bonds is 11. The molecule has 2 aliphatic heterocycles. The molecule has 0 radical (unpaired) electrons. The van der Waals surface area contributed by atoms with E-state index in [4.69, 9.17) is 9.47 Å². The Morgan fingerprint density at radius 1 is 0.865 bits per heavy atom. The summed E-state index contributed by atoms with van der Waals surface area (Å²) in [5.74, 6) is -3.12. The van der Waals surface area contributed by atoms with Gasteiger partial charge in [-0.2, -0.15) is 13.2 Å². The number of carboxylic acid groups (broad SMARTS) is 1. The van der Waals surface area contributed by atoms with Crippen LogP contribution in [0.2, 0.25) is 0 Å². The molecule has 0 bridgehead atoms. The normalized spacial score (nSPS) is 20.4. The lowest BCUT2D eigenvalue weighted by atomic mass is 9.99. The number of amides is 2. The second-order valence-electron chi connectivity index (χ2n) is 12.7. The fourth-order valence-electron chi connectivity index (χ4n) is 6.42. The Morgan fingerprint density at radius 2 is 1.60 bits per heavy atom. The van der Waals surface area contributed by atoms with E-state index in [0.717, 1.165) is 33.4 Å². The number of thioether (sulfide) groups is 1. The topological polar surface area (TPSA) is 125 Å². The van der Waals surface area contributed by atoms with Gasteiger partial charge in [0, 0.05) is 35.7 Å². The molecule has 3 N–H and O–H groups in total. The highest BCUT2D eigenvalue weighted by Crippen LogP contribution is 2.40. The third-order valence-electron chi connectivity index (χ3n) is 9.13. The number of likely N-dealkylation sites (tertiary alicyclic amines) is 1. The third kappa shape index (κ3) is 8.84. The lowest BCUT2D eigenvalue weighted by molar-refractivity contribution is -0.245. The second-order valence-corrected chi connectivity index (χ2v) is 13.7. The average molecular weight is 735 g/mol. The monoisotopic (exact) mass is 734 g/mol. The van der Waals surface area contributed by atoms with Crippen LogP contribution in [0.1, 0.15) is 64.3 Å². The highest BCUT2D eigenvalue weighted by molar-refractivity contribution is 7.99. The summed E-state index contributed by atoms with van der Waals surface area (Å²) in [5.41, 5.74) is 5.18. The number of nitrogens with zero attached hydrogens (tertiary/aromatic N) is 1. The maximum Gasteiger partial charge on any atom is 0.471 e. The summed E-state index contributed by atoms with van der Waals surface area (Å²) in [6.45, 7) is -0.106. The highest BCUT2D eigenvalue weighted by Gasteiger charge is 2.47. The van der Waals surface area contributed by atoms with Gasteiger partial charge in [-0.15, -0.1) is 11.8 Å². The van der Waals surface area contributed by atoms with E-state index >= 15 is 0 Å². The number of hydrogen-bond donors (Lipinski definition) is 3. The van der Waals surface area contributed by atoms with Crippen LogP contribution in [-0.2, 0) is 32.2 Å². The molecule has 4 aromatic rings. The van der Waals surface area contributed by atoms with E-state index < -0.39 is 36.3 Å². The van der Waals surface area contributed by atoms with E-state index in [-0.39, 0.29) is 43.9 Å². The average Bonchev–Trinajstić information content (AvgIpc) is 3.66. The molecule has 52 heavy (non-hydrogen) atoms. The zero-order chi connectivity index (χ0) is 36.8. The Balaban J connectivity index is 1.14. The van der Waals surface area contributed by atoms with Crippen LogP contribution in [0.4, 0.5) is 13.2 Å². The van der Waals surface area contributed by atoms with Gasteiger partial charge in [0.05, 0.1) is 24.4 Å². The van der Waals surface area contributed by atoms with Gasteiger partial charge in [0.15, 0.2) is 6.29 Å². The van der Waals surface area contributed by atoms with E-state index in [1.165, 1.54) is 11.8 Å². The Kier molecular flexibility index (Phi) is 11.6. The Bertz CT molecular complexity index is 1890. The molecule has 0 spiro atoms. The largest absolute Gasteiger partial charge is 0.478 e. The zero-order valence-corrected chi connectivity index (χ0v) is 28.7. The van der Waals surface area contributed by atoms with Crippen molar-refractivity contribution in [2.75, 3.05) is 12.3 Å². The maximum atomic E-state index is 13.0. The minimum atomic E-state index is -5.03. The molecule has 4 atom stereocenters. The van der Waals surface area contributed by atoms with Crippen molar-refractivity contribution in [3.63, 3.8) is 0 Å². The zero-order valence-electron chi connectivity index (χ0n) is 27.9. The molecule has 2 saturated heterocycles. The molecule has 272 valence electrons. The van der Waals surface area contributed by atoms with Crippen molar-refractivity contribution >= 4 is 29.5 Å². The summed E-state index contributed by atoms with van der Waals surface area (Å²) < 4.78 is 51.9. The third-order valence-corrected chi connectivity index (χ3v) is 10.3. The van der Waals surface area contributed by atoms with Gasteiger partial charge in [-0.05, 0) is 58.9 Å². The quantitative estimate of drug-likeness (QED) is 0.140. The summed E-state index contributed by atoms with van der Waals surface area (Å²) >= 11 is 1.42. The number of benzene rings is 4. The minimum Gasteiger partial charge on any atom is -0.478 e. The molecular formula is C39H37F3N2O7S. The molecule has 9 nitrogen and oxygen atoms in total. The summed E-state index contributed by atoms with van der Waals surface area (Å²) in [4.78, 5) is 37.6. The first-order valence-electron chi connectivity index (χ1n) is 16.8. The van der Waals surface area contributed by atoms with Gasteiger partial charge in [0.1, 0.15) is 6.04 Å². The Morgan fingerprint density at radius 3 is 2.31 bits per heavy atom. The number of ether oxygens (including phenoxy) is 2. The number of hydrogen-bond acceptors (Lipinski definition) is 7. The molecule has 4 aromatic carbocycles. The van der Waals surface area contributed by atoms with Gasteiger partial charge in [0.25, 0.3) is 0 Å². The van der Waals surface area contributed by atoms with Gasteiger partial charge < -0.3 is 29.9 Å². The van der Waals surface area contributed by atoms with Gasteiger partial charge in [0.2, 0.25) is 5.91 Å². The van der Waals surface area contributed by atoms with Gasteiger partial charge in [-0.25, -0.2) is 4.79 Å². The van der Waals surface area contributed by atoms with Crippen LogP contribution in [0.25, 0.3) is 11.1 Å². The minimum absolute atomic E-state index is 0.0730. The number of carboxylic acids is 1. The number of aliphatic hydroxyl groups excluding tert-OH is 1. The van der Waals surface area contributed by atoms with Gasteiger partial charge in [-0.1, -0.05) is 78.9 Å². The van der Waals surface area contributed by atoms with Crippen LogP contribution >= 0.6 is 11.8 Å². The summed E-state index contributed by atoms with van der Waals surface area (Å²) in [6.07, 6.45) is -5.31. The molecule has 13 heteroatoms. The molecule has 0 aromatic heterocycles. The predicted octanol–water partition coefficient (Wildman–Crippen LogP) is 7.05. The van der Waals surface area contributed by atoms with Gasteiger partial charge >= 0.3 is 18.1 Å². The van der Waals surface area contributed by atoms with Crippen molar-refractivity contribution in [1.82, 2.24) is 10.2 Å². The number of aliphatic hydroxyl groups is 1. The fraction of sp³-hybridized carbons (Fsp3) is 0.308. The standard InChI is InChI=1S/C39H37F3N2O7S/c40-39(41,42)38(49)44-18-4-8-32(44)35(46)43-21-25-5-3-6-29(19-25)26-14-16-28(17-15-26)37-50-30(23-52-34-9-2-1-7-31(34)36(47)48)20-33(51-37)27-12-10-24(22-45)11-13-27/h1-3,5-7,9-17,19,30,32-33,37,45H,4,8,18,20-23H2,(H,43,46)(H,47,48). The van der Waals surface area contributed by atoms with E-state index in [1.807, 2.05) is 66.7 Å². The van der Waals surface area contributed by atoms with Crippen molar-refractivity contribution in [3.05, 3.63) is 125 Å². The molecule has 2 fully saturated rings. The van der Waals surface area contributed by atoms with Crippen LogP contribution in [0.5, 0.6) is 0 Å². The van der Waals surface area contributed by atoms with Gasteiger partial charge in [-0.3, -0.25) is 9.59 Å². The second kappa shape index (κ2) is 16.3. The van der Waals surface area contributed by atoms with Crippen LogP contribution in [0, 0.1) is 0 Å². The fourth-order valence-corrected chi connectivity index (χ4v) is 7.49. The van der Waals surface area contributed by atoms with Crippen LogP contribution in [0.15, 0.2) is 102 Å². The molecular weight excluding hydrogens is 697 g/mol. The first-order valence-corrected chi connectivity index (χ1v) is 17.8. The van der Waals surface area contributed by atoms with Crippen LogP contribution < -0.4 is 5.32 Å². The lowest BCUT2D eigenvalue weighted by Gasteiger charge is -2.36. The molecule has 2 aliphatic rings. The van der Waals surface area contributed by atoms with Crippen molar-refractivity contribution in [2.45, 2.75) is 68.0 Å². The predicted molar refractivity (Wildman–Crippen MR) is 187 cm³/mol. The number of carbonyl (C=O) groups excluding carboxylic acids is 2. The van der Waals surface area contributed by atoms with Crippen LogP contribution in [-0.4, -0.2) is 63.5 Å². The highest BCUT2D eigenvalue weighted by atomic mass is 32.2. The maximum absolute atomic E-state index is 13.0. The summed E-state index contributed by atoms with van der Waals surface area (Å²) in [7, 11) is 0. The van der Waals surface area contributed by atoms with E-state index in [0.29, 0.717) is 28.4 Å². The number of nitrogens with one attached hydrogen (secondary N) is 1. The molecule has 2 amide bonds. The molecule has 0 aliphatic carbocycles. The number of alkyl halides is 3. The van der Waals surface area contributed by atoms with Crippen molar-refractivity contribution in [1.29, 1.82) is 0 Å². The molecule has 4 unspecified atom stereocenters. The van der Waals surface area contributed by atoms with Crippen molar-refractivity contribution in [2.24, 2.45) is 0 Å². The smallest absolute Gasteiger partial charge is 0.471 e. The lowest BCUT2D eigenvalue weighted by Crippen LogP contribution is -2.50. The molecule has 0 saturated carbocycles. The van der Waals surface area contributed by atoms with E-state index in [1.54, 1.807) is 30.3 Å². The Labute approximate surface area is 302 Å². The number of halogens is 3. The Hall–Kier alpha value is -4.69. The first-order chi connectivity index (χ1) is 25.0. The van der Waals surface area contributed by atoms with Crippen molar-refractivity contribution < 1.29 is 47.2 Å². The van der Waals surface area contributed by atoms with E-state index in [2.05, 4.69) is 5.32 Å². The van der Waals surface area contributed by atoms with Crippen LogP contribution in [0.3, 0.4) is 0 Å². The number of carbonyl (C=O) groups is 3. The number of aromatic carboxylic acids is 1. The van der Waals surface area contributed by atoms with Crippen molar-refractivity contribution in [3.8, 4) is 11.1 Å². The molecule has 2 heterocycles. The summed E-state index contributed by atoms with van der Waals surface area (Å²) in [6, 6.07) is 28.3. The summed E-state index contributed by atoms with van der Waals surface area (Å²) in [5, 5.41) is 21.8.